The van der Waals surface area contributed by atoms with Crippen LogP contribution >= 0.6 is 11.6 Å². The molecule has 0 saturated carbocycles. The third-order valence-corrected chi connectivity index (χ3v) is 2.83. The highest BCUT2D eigenvalue weighted by molar-refractivity contribution is 7.79. The van der Waals surface area contributed by atoms with Crippen LogP contribution in [-0.2, 0) is 11.1 Å². The molecule has 0 amide bonds. The molecule has 0 saturated heterocycles. The summed E-state index contributed by atoms with van der Waals surface area (Å²) in [5.41, 5.74) is 0.0980. The summed E-state index contributed by atoms with van der Waals surface area (Å²) >= 11 is 3.16. The van der Waals surface area contributed by atoms with E-state index < -0.39 is 22.1 Å². The summed E-state index contributed by atoms with van der Waals surface area (Å²) in [4.78, 5) is 0. The van der Waals surface area contributed by atoms with E-state index in [1.54, 1.807) is 0 Å². The van der Waals surface area contributed by atoms with Crippen molar-refractivity contribution in [1.29, 1.82) is 0 Å². The molecule has 0 heterocycles. The standard InChI is InChI=1S/C8H8ClFO2S/c1-5(13(11)12)6-3-2-4-7(9)8(6)10/h2-5H,1H3,(H,11,12)/p-1. The lowest BCUT2D eigenvalue weighted by atomic mass is 10.1. The molecule has 0 fully saturated rings. The van der Waals surface area contributed by atoms with Gasteiger partial charge in [0.1, 0.15) is 5.82 Å². The summed E-state index contributed by atoms with van der Waals surface area (Å²) in [6, 6.07) is 4.30. The van der Waals surface area contributed by atoms with Crippen LogP contribution in [0.25, 0.3) is 0 Å². The Labute approximate surface area is 83.0 Å². The maximum atomic E-state index is 13.2. The van der Waals surface area contributed by atoms with E-state index in [4.69, 9.17) is 11.6 Å². The van der Waals surface area contributed by atoms with Crippen molar-refractivity contribution in [3.8, 4) is 0 Å². The predicted molar refractivity (Wildman–Crippen MR) is 48.7 cm³/mol. The Morgan fingerprint density at radius 2 is 2.23 bits per heavy atom. The minimum atomic E-state index is -2.33. The van der Waals surface area contributed by atoms with Crippen molar-refractivity contribution in [3.63, 3.8) is 0 Å². The summed E-state index contributed by atoms with van der Waals surface area (Å²) in [7, 11) is 0. The summed E-state index contributed by atoms with van der Waals surface area (Å²) in [5, 5.41) is -0.937. The van der Waals surface area contributed by atoms with Crippen LogP contribution in [-0.4, -0.2) is 8.76 Å². The third-order valence-electron chi connectivity index (χ3n) is 1.71. The molecule has 72 valence electrons. The van der Waals surface area contributed by atoms with Gasteiger partial charge in [-0.2, -0.15) is 0 Å². The van der Waals surface area contributed by atoms with E-state index in [0.29, 0.717) is 0 Å². The van der Waals surface area contributed by atoms with Crippen LogP contribution in [0.2, 0.25) is 5.02 Å². The van der Waals surface area contributed by atoms with Gasteiger partial charge in [-0.3, -0.25) is 4.21 Å². The van der Waals surface area contributed by atoms with Crippen molar-refractivity contribution in [2.75, 3.05) is 0 Å². The zero-order chi connectivity index (χ0) is 10.0. The van der Waals surface area contributed by atoms with Gasteiger partial charge in [-0.05, 0) is 24.1 Å². The van der Waals surface area contributed by atoms with Crippen LogP contribution in [0.15, 0.2) is 18.2 Å². The monoisotopic (exact) mass is 221 g/mol. The topological polar surface area (TPSA) is 40.1 Å². The van der Waals surface area contributed by atoms with Gasteiger partial charge in [-0.15, -0.1) is 0 Å². The Morgan fingerprint density at radius 1 is 1.62 bits per heavy atom. The number of hydrogen-bond acceptors (Lipinski definition) is 2. The Kier molecular flexibility index (Phi) is 3.41. The van der Waals surface area contributed by atoms with Crippen molar-refractivity contribution in [2.24, 2.45) is 0 Å². The molecule has 2 atom stereocenters. The minimum Gasteiger partial charge on any atom is -0.772 e. The molecular weight excluding hydrogens is 215 g/mol. The molecule has 0 radical (unpaired) electrons. The first-order chi connectivity index (χ1) is 6.04. The molecular formula is C8H7ClFO2S-. The largest absolute Gasteiger partial charge is 0.772 e. The van der Waals surface area contributed by atoms with Gasteiger partial charge >= 0.3 is 0 Å². The van der Waals surface area contributed by atoms with E-state index in [9.17, 15) is 13.2 Å². The lowest BCUT2D eigenvalue weighted by Gasteiger charge is -2.15. The second-order valence-electron chi connectivity index (χ2n) is 2.55. The van der Waals surface area contributed by atoms with E-state index in [-0.39, 0.29) is 10.6 Å². The van der Waals surface area contributed by atoms with Crippen LogP contribution in [0.4, 0.5) is 4.39 Å². The highest BCUT2D eigenvalue weighted by atomic mass is 35.5. The molecule has 5 heteroatoms. The number of rotatable bonds is 2. The second kappa shape index (κ2) is 4.17. The molecule has 1 rings (SSSR count). The Bertz CT molecular complexity index is 343. The fourth-order valence-electron chi connectivity index (χ4n) is 0.938. The van der Waals surface area contributed by atoms with Gasteiger partial charge in [0, 0.05) is 10.8 Å². The van der Waals surface area contributed by atoms with Crippen molar-refractivity contribution in [1.82, 2.24) is 0 Å². The van der Waals surface area contributed by atoms with Crippen molar-refractivity contribution >= 4 is 22.7 Å². The van der Waals surface area contributed by atoms with E-state index in [0.717, 1.165) is 0 Å². The van der Waals surface area contributed by atoms with Crippen LogP contribution in [0.5, 0.6) is 0 Å². The molecule has 1 aromatic carbocycles. The molecule has 0 N–H and O–H groups in total. The average molecular weight is 222 g/mol. The average Bonchev–Trinajstić information content (AvgIpc) is 2.08. The number of hydrogen-bond donors (Lipinski definition) is 0. The second-order valence-corrected chi connectivity index (χ2v) is 4.18. The molecule has 2 nitrogen and oxygen atoms in total. The SMILES string of the molecule is CC(c1cccc(Cl)c1F)S(=O)[O-]. The minimum absolute atomic E-state index is 0.0604. The fraction of sp³-hybridized carbons (Fsp3) is 0.250. The summed E-state index contributed by atoms with van der Waals surface area (Å²) in [5.74, 6) is -0.666. The molecule has 0 bridgehead atoms. The predicted octanol–water partition coefficient (Wildman–Crippen LogP) is 2.42. The van der Waals surface area contributed by atoms with E-state index >= 15 is 0 Å². The van der Waals surface area contributed by atoms with Gasteiger partial charge < -0.3 is 4.55 Å². The highest BCUT2D eigenvalue weighted by Gasteiger charge is 2.13. The zero-order valence-electron chi connectivity index (χ0n) is 6.79. The molecule has 0 aromatic heterocycles. The van der Waals surface area contributed by atoms with Gasteiger partial charge in [0.2, 0.25) is 0 Å². The maximum absolute atomic E-state index is 13.2. The molecule has 0 aliphatic carbocycles. The van der Waals surface area contributed by atoms with Crippen molar-refractivity contribution < 1.29 is 13.2 Å². The number of benzene rings is 1. The van der Waals surface area contributed by atoms with Gasteiger partial charge in [0.15, 0.2) is 0 Å². The first-order valence-corrected chi connectivity index (χ1v) is 5.07. The molecule has 13 heavy (non-hydrogen) atoms. The fourth-order valence-corrected chi connectivity index (χ4v) is 1.51. The summed E-state index contributed by atoms with van der Waals surface area (Å²) in [6.45, 7) is 1.40. The van der Waals surface area contributed by atoms with Gasteiger partial charge in [-0.1, -0.05) is 23.7 Å². The highest BCUT2D eigenvalue weighted by Crippen LogP contribution is 2.25. The normalized spacial score (nSPS) is 15.4. The first-order valence-electron chi connectivity index (χ1n) is 3.56. The smallest absolute Gasteiger partial charge is 0.146 e. The third kappa shape index (κ3) is 2.27. The quantitative estimate of drug-likeness (QED) is 0.720. The van der Waals surface area contributed by atoms with Crippen LogP contribution in [0.1, 0.15) is 17.7 Å². The molecule has 0 spiro atoms. The van der Waals surface area contributed by atoms with Gasteiger partial charge in [0.25, 0.3) is 0 Å². The van der Waals surface area contributed by atoms with Gasteiger partial charge in [0.05, 0.1) is 5.02 Å². The maximum Gasteiger partial charge on any atom is 0.146 e. The van der Waals surface area contributed by atoms with E-state index in [2.05, 4.69) is 0 Å². The van der Waals surface area contributed by atoms with Crippen LogP contribution < -0.4 is 0 Å². The molecule has 0 aliphatic rings. The van der Waals surface area contributed by atoms with Gasteiger partial charge in [-0.25, -0.2) is 4.39 Å². The van der Waals surface area contributed by atoms with Crippen LogP contribution in [0.3, 0.4) is 0 Å². The first kappa shape index (κ1) is 10.6. The zero-order valence-corrected chi connectivity index (χ0v) is 8.36. The molecule has 0 aliphatic heterocycles. The number of halogens is 2. The molecule has 1 aromatic rings. The summed E-state index contributed by atoms with van der Waals surface area (Å²) < 4.78 is 34.3. The Morgan fingerprint density at radius 3 is 2.77 bits per heavy atom. The lowest BCUT2D eigenvalue weighted by Crippen LogP contribution is -2.03. The van der Waals surface area contributed by atoms with E-state index in [1.807, 2.05) is 0 Å². The van der Waals surface area contributed by atoms with Crippen molar-refractivity contribution in [2.45, 2.75) is 12.2 Å². The van der Waals surface area contributed by atoms with Crippen LogP contribution in [0, 0.1) is 5.82 Å². The Hall–Kier alpha value is -0.450. The lowest BCUT2D eigenvalue weighted by molar-refractivity contribution is 0.522. The molecule has 2 unspecified atom stereocenters. The van der Waals surface area contributed by atoms with E-state index in [1.165, 1.54) is 25.1 Å². The summed E-state index contributed by atoms with van der Waals surface area (Å²) in [6.07, 6.45) is 0. The van der Waals surface area contributed by atoms with Crippen molar-refractivity contribution in [3.05, 3.63) is 34.6 Å². The Balaban J connectivity index is 3.15.